The molecule has 38 heavy (non-hydrogen) atoms. The van der Waals surface area contributed by atoms with Gasteiger partial charge in [0.25, 0.3) is 0 Å². The van der Waals surface area contributed by atoms with Gasteiger partial charge in [-0.2, -0.15) is 13.2 Å². The molecular formula is C22H22F3N3O9S. The molecule has 6 atom stereocenters. The molecule has 12 nitrogen and oxygen atoms in total. The lowest BCUT2D eigenvalue weighted by Gasteiger charge is -2.38. The van der Waals surface area contributed by atoms with Crippen molar-refractivity contribution in [1.29, 1.82) is 0 Å². The Bertz CT molecular complexity index is 1350. The van der Waals surface area contributed by atoms with Crippen molar-refractivity contribution < 1.29 is 56.8 Å². The van der Waals surface area contributed by atoms with Gasteiger partial charge in [0.05, 0.1) is 33.3 Å². The molecule has 4 rings (SSSR count). The second kappa shape index (κ2) is 10.8. The second-order valence-corrected chi connectivity index (χ2v) is 9.71. The summed E-state index contributed by atoms with van der Waals surface area (Å²) in [5, 5.41) is 39.1. The molecule has 1 aromatic carbocycles. The van der Waals surface area contributed by atoms with Gasteiger partial charge in [0.1, 0.15) is 29.8 Å². The number of pyridine rings is 1. The zero-order valence-electron chi connectivity index (χ0n) is 19.5. The fourth-order valence-electron chi connectivity index (χ4n) is 3.64. The van der Waals surface area contributed by atoms with Crippen molar-refractivity contribution in [1.82, 2.24) is 15.0 Å². The van der Waals surface area contributed by atoms with Gasteiger partial charge >= 0.3 is 12.1 Å². The Morgan fingerprint density at radius 3 is 2.61 bits per heavy atom. The molecule has 1 aliphatic rings. The first-order valence-corrected chi connectivity index (χ1v) is 12.3. The van der Waals surface area contributed by atoms with E-state index in [-0.39, 0.29) is 28.1 Å². The third-order valence-corrected chi connectivity index (χ3v) is 6.79. The minimum atomic E-state index is -4.52. The number of carboxylic acid groups (broad SMARTS) is 1. The molecule has 0 amide bonds. The summed E-state index contributed by atoms with van der Waals surface area (Å²) in [5.74, 6) is -1.69. The number of aliphatic carboxylic acids is 1. The van der Waals surface area contributed by atoms with E-state index in [2.05, 4.69) is 15.0 Å². The summed E-state index contributed by atoms with van der Waals surface area (Å²) in [6.07, 6.45) is -12.2. The van der Waals surface area contributed by atoms with E-state index in [4.69, 9.17) is 19.3 Å². The van der Waals surface area contributed by atoms with Gasteiger partial charge < -0.3 is 39.6 Å². The van der Waals surface area contributed by atoms with Crippen LogP contribution in [0.15, 0.2) is 35.6 Å². The summed E-state index contributed by atoms with van der Waals surface area (Å²) in [4.78, 5) is 22.4. The fourth-order valence-corrected chi connectivity index (χ4v) is 4.74. The van der Waals surface area contributed by atoms with Crippen molar-refractivity contribution in [2.24, 2.45) is 0 Å². The van der Waals surface area contributed by atoms with Crippen molar-refractivity contribution >= 4 is 27.8 Å². The summed E-state index contributed by atoms with van der Waals surface area (Å²) in [5.41, 5.74) is 1.27. The number of aromatic nitrogens is 3. The van der Waals surface area contributed by atoms with Crippen molar-refractivity contribution in [3.05, 3.63) is 41.7 Å². The topological polar surface area (TPSA) is 184 Å². The summed E-state index contributed by atoms with van der Waals surface area (Å²) >= 11 is 0. The molecule has 1 fully saturated rings. The number of aliphatic hydroxyl groups excluding tert-OH is 3. The largest absolute Gasteiger partial charge is 0.484 e. The number of carbonyl (C=O) groups is 1. The Labute approximate surface area is 214 Å². The number of nitrogens with one attached hydrogen (secondary N) is 1. The van der Waals surface area contributed by atoms with E-state index < -0.39 is 60.3 Å². The van der Waals surface area contributed by atoms with Gasteiger partial charge in [-0.15, -0.1) is 0 Å². The van der Waals surface area contributed by atoms with E-state index >= 15 is 0 Å². The van der Waals surface area contributed by atoms with E-state index in [0.29, 0.717) is 16.6 Å². The van der Waals surface area contributed by atoms with Crippen LogP contribution in [0, 0.1) is 6.92 Å². The molecule has 0 bridgehead atoms. The molecule has 1 aliphatic heterocycles. The number of hydrogen-bond acceptors (Lipinski definition) is 10. The van der Waals surface area contributed by atoms with Crippen LogP contribution in [0.4, 0.5) is 13.2 Å². The number of fused-ring (bicyclic) bond motifs is 1. The number of ether oxygens (including phenoxy) is 3. The zero-order chi connectivity index (χ0) is 27.8. The van der Waals surface area contributed by atoms with Crippen molar-refractivity contribution in [2.45, 2.75) is 54.7 Å². The number of carboxylic acids is 1. The normalized spacial score (nSPS) is 24.8. The Kier molecular flexibility index (Phi) is 7.89. The molecule has 2 aromatic heterocycles. The summed E-state index contributed by atoms with van der Waals surface area (Å²) in [7, 11) is -1.78. The monoisotopic (exact) mass is 561 g/mol. The average molecular weight is 561 g/mol. The molecule has 3 heterocycles. The van der Waals surface area contributed by atoms with Crippen LogP contribution in [0.5, 0.6) is 11.5 Å². The quantitative estimate of drug-likeness (QED) is 0.262. The molecule has 206 valence electrons. The van der Waals surface area contributed by atoms with Gasteiger partial charge in [0.15, 0.2) is 17.9 Å². The highest BCUT2D eigenvalue weighted by molar-refractivity contribution is 7.84. The van der Waals surface area contributed by atoms with Crippen LogP contribution in [0.2, 0.25) is 0 Å². The van der Waals surface area contributed by atoms with E-state index in [1.165, 1.54) is 37.4 Å². The van der Waals surface area contributed by atoms with Crippen molar-refractivity contribution in [3.63, 3.8) is 0 Å². The maximum atomic E-state index is 12.9. The lowest BCUT2D eigenvalue weighted by atomic mass is 9.99. The van der Waals surface area contributed by atoms with Gasteiger partial charge in [-0.05, 0) is 25.1 Å². The van der Waals surface area contributed by atoms with Crippen molar-refractivity contribution in [2.75, 3.05) is 6.61 Å². The van der Waals surface area contributed by atoms with Crippen LogP contribution >= 0.6 is 0 Å². The standard InChI is InChI=1S/C22H22F3N3O9S/c1-9-13(26-5-4-14(9)35-8-22(23,24)25)7-38(34)21-27-11-3-2-10(6-12(11)28-21)36-20-17(31)15(29)16(30)18(37-20)19(32)33/h2-6,15-18,20,29-31H,7-8H2,1H3,(H,27,28)(H,32,33)/t15-,16-,17+,18-,20+,38+/m0/s1. The fraction of sp³-hybridized carbons (Fsp3) is 0.409. The number of hydrogen-bond donors (Lipinski definition) is 5. The first-order valence-electron chi connectivity index (χ1n) is 11.0. The van der Waals surface area contributed by atoms with E-state index in [0.717, 1.165) is 0 Å². The lowest BCUT2D eigenvalue weighted by molar-refractivity contribution is -0.271. The Morgan fingerprint density at radius 1 is 1.18 bits per heavy atom. The van der Waals surface area contributed by atoms with Crippen LogP contribution in [0.1, 0.15) is 11.3 Å². The number of H-pyrrole nitrogens is 1. The predicted octanol–water partition coefficient (Wildman–Crippen LogP) is 0.786. The Hall–Kier alpha value is -3.31. The number of aromatic amines is 1. The van der Waals surface area contributed by atoms with Crippen molar-refractivity contribution in [3.8, 4) is 11.5 Å². The molecule has 0 saturated carbocycles. The number of halogens is 3. The maximum Gasteiger partial charge on any atom is 0.422 e. The summed E-state index contributed by atoms with van der Waals surface area (Å²) in [6.45, 7) is 0.0217. The van der Waals surface area contributed by atoms with Crippen LogP contribution in [-0.4, -0.2) is 89.0 Å². The van der Waals surface area contributed by atoms with Gasteiger partial charge in [-0.3, -0.25) is 9.19 Å². The summed E-state index contributed by atoms with van der Waals surface area (Å²) < 4.78 is 65.8. The number of nitrogens with zero attached hydrogens (tertiary/aromatic N) is 2. The predicted molar refractivity (Wildman–Crippen MR) is 122 cm³/mol. The van der Waals surface area contributed by atoms with Crippen LogP contribution in [0.25, 0.3) is 11.0 Å². The van der Waals surface area contributed by atoms with Crippen LogP contribution < -0.4 is 9.47 Å². The minimum Gasteiger partial charge on any atom is -0.484 e. The number of benzene rings is 1. The van der Waals surface area contributed by atoms with E-state index in [1.54, 1.807) is 0 Å². The highest BCUT2D eigenvalue weighted by Gasteiger charge is 2.48. The third kappa shape index (κ3) is 6.05. The Morgan fingerprint density at radius 2 is 1.92 bits per heavy atom. The highest BCUT2D eigenvalue weighted by atomic mass is 32.2. The number of alkyl halides is 3. The average Bonchev–Trinajstić information content (AvgIpc) is 3.28. The number of rotatable bonds is 8. The van der Waals surface area contributed by atoms with Gasteiger partial charge in [-0.1, -0.05) is 0 Å². The molecule has 16 heteroatoms. The van der Waals surface area contributed by atoms with E-state index in [9.17, 15) is 37.5 Å². The number of aliphatic hydroxyl groups is 3. The first-order chi connectivity index (χ1) is 17.8. The van der Waals surface area contributed by atoms with Crippen LogP contribution in [0.3, 0.4) is 0 Å². The second-order valence-electron chi connectivity index (χ2n) is 8.35. The highest BCUT2D eigenvalue weighted by Crippen LogP contribution is 2.28. The molecule has 5 N–H and O–H groups in total. The first kappa shape index (κ1) is 27.7. The zero-order valence-corrected chi connectivity index (χ0v) is 20.3. The molecule has 0 spiro atoms. The van der Waals surface area contributed by atoms with Gasteiger partial charge in [0.2, 0.25) is 6.29 Å². The molecular weight excluding hydrogens is 539 g/mol. The van der Waals surface area contributed by atoms with E-state index in [1.807, 2.05) is 0 Å². The minimum absolute atomic E-state index is 0.0365. The van der Waals surface area contributed by atoms with Crippen LogP contribution in [-0.2, 0) is 26.1 Å². The van der Waals surface area contributed by atoms with Gasteiger partial charge in [0, 0.05) is 17.8 Å². The Balaban J connectivity index is 1.48. The molecule has 0 radical (unpaired) electrons. The summed E-state index contributed by atoms with van der Waals surface area (Å²) in [6, 6.07) is 5.57. The molecule has 0 aliphatic carbocycles. The molecule has 3 aromatic rings. The SMILES string of the molecule is Cc1c(OCC(F)(F)F)ccnc1C[S@@](=O)c1nc2ccc(O[C@@H]3O[C@H](C(=O)O)[C@@H](O)[C@H](O)[C@H]3O)cc2[nH]1. The van der Waals surface area contributed by atoms with Gasteiger partial charge in [-0.25, -0.2) is 9.78 Å². The third-order valence-electron chi connectivity index (χ3n) is 5.63. The maximum absolute atomic E-state index is 12.9. The molecule has 0 unspecified atom stereocenters. The molecule has 1 saturated heterocycles. The smallest absolute Gasteiger partial charge is 0.422 e. The number of imidazole rings is 1. The lowest BCUT2D eigenvalue weighted by Crippen LogP contribution is -2.61.